The van der Waals surface area contributed by atoms with Crippen molar-refractivity contribution >= 4 is 6.47 Å². The van der Waals surface area contributed by atoms with Gasteiger partial charge >= 0.3 is 0 Å². The first-order valence-electron chi connectivity index (χ1n) is 3.98. The zero-order chi connectivity index (χ0) is 11.1. The Kier molecular flexibility index (Phi) is 30.5. The van der Waals surface area contributed by atoms with E-state index in [-0.39, 0.29) is 6.47 Å². The number of hydrogen-bond acceptors (Lipinski definition) is 2. The van der Waals surface area contributed by atoms with E-state index >= 15 is 0 Å². The fourth-order valence-electron chi connectivity index (χ4n) is 0.371. The number of nitrogens with two attached hydrogens (primary N) is 1. The molecule has 0 bridgehead atoms. The number of hydrogen-bond donors (Lipinski definition) is 2. The highest BCUT2D eigenvalue weighted by Gasteiger charge is 1.79. The fraction of sp³-hybridized carbons (Fsp3) is 0.300. The van der Waals surface area contributed by atoms with Gasteiger partial charge in [-0.3, -0.25) is 4.79 Å². The molecule has 0 aromatic rings. The van der Waals surface area contributed by atoms with Gasteiger partial charge in [0.25, 0.3) is 6.47 Å². The molecule has 13 heavy (non-hydrogen) atoms. The summed E-state index contributed by atoms with van der Waals surface area (Å²) in [5.74, 6) is 0. The van der Waals surface area contributed by atoms with Crippen LogP contribution in [-0.4, -0.2) is 18.1 Å². The Hall–Kier alpha value is -1.35. The molecule has 3 N–H and O–H groups in total. The quantitative estimate of drug-likeness (QED) is 0.522. The third-order valence-electron chi connectivity index (χ3n) is 0.830. The van der Waals surface area contributed by atoms with Crippen molar-refractivity contribution in [2.24, 2.45) is 5.73 Å². The van der Waals surface area contributed by atoms with Crippen molar-refractivity contribution in [2.75, 3.05) is 6.54 Å². The summed E-state index contributed by atoms with van der Waals surface area (Å²) in [6, 6.07) is 0. The molecule has 0 radical (unpaired) electrons. The summed E-state index contributed by atoms with van der Waals surface area (Å²) >= 11 is 0. The predicted octanol–water partition coefficient (Wildman–Crippen LogP) is 1.97. The standard InChI is InChI=1S/C7H11N.C2H6.CH2O2/c1-3-5-7(4-2)6-8;1-2;2-1-3/h3-5H,1-2,6,8H2;1-2H3;1H,(H,2,3)/b7-5+;;. The van der Waals surface area contributed by atoms with Gasteiger partial charge in [0, 0.05) is 6.54 Å². The van der Waals surface area contributed by atoms with Crippen LogP contribution in [0.25, 0.3) is 0 Å². The van der Waals surface area contributed by atoms with Gasteiger partial charge in [-0.2, -0.15) is 0 Å². The van der Waals surface area contributed by atoms with Crippen LogP contribution in [0.2, 0.25) is 0 Å². The van der Waals surface area contributed by atoms with Crippen LogP contribution in [-0.2, 0) is 4.79 Å². The maximum Gasteiger partial charge on any atom is 0.290 e. The average molecular weight is 185 g/mol. The molecule has 0 amide bonds. The topological polar surface area (TPSA) is 63.3 Å². The van der Waals surface area contributed by atoms with Crippen molar-refractivity contribution in [1.82, 2.24) is 0 Å². The molecule has 3 nitrogen and oxygen atoms in total. The number of rotatable bonds is 3. The molecule has 0 aliphatic carbocycles. The first kappa shape index (κ1) is 17.7. The van der Waals surface area contributed by atoms with Crippen LogP contribution in [0.4, 0.5) is 0 Å². The third-order valence-corrected chi connectivity index (χ3v) is 0.830. The summed E-state index contributed by atoms with van der Waals surface area (Å²) in [5, 5.41) is 6.89. The molecule has 0 fully saturated rings. The van der Waals surface area contributed by atoms with Gasteiger partial charge in [-0.25, -0.2) is 0 Å². The zero-order valence-corrected chi connectivity index (χ0v) is 8.36. The Morgan fingerprint density at radius 3 is 1.92 bits per heavy atom. The fourth-order valence-corrected chi connectivity index (χ4v) is 0.371. The second-order valence-corrected chi connectivity index (χ2v) is 1.49. The molecule has 0 rings (SSSR count). The molecule has 0 aliphatic rings. The van der Waals surface area contributed by atoms with Gasteiger partial charge in [-0.05, 0) is 5.57 Å². The summed E-state index contributed by atoms with van der Waals surface area (Å²) < 4.78 is 0. The van der Waals surface area contributed by atoms with Gasteiger partial charge in [0.1, 0.15) is 0 Å². The Balaban J connectivity index is -0.000000169. The monoisotopic (exact) mass is 185 g/mol. The highest BCUT2D eigenvalue weighted by atomic mass is 16.3. The van der Waals surface area contributed by atoms with Gasteiger partial charge in [0.15, 0.2) is 0 Å². The van der Waals surface area contributed by atoms with E-state index in [1.54, 1.807) is 12.2 Å². The molecule has 3 heteroatoms. The molecule has 0 atom stereocenters. The summed E-state index contributed by atoms with van der Waals surface area (Å²) in [6.07, 6.45) is 5.26. The minimum Gasteiger partial charge on any atom is -0.483 e. The second-order valence-electron chi connectivity index (χ2n) is 1.49. The molecule has 0 aromatic carbocycles. The highest BCUT2D eigenvalue weighted by molar-refractivity contribution is 5.32. The summed E-state index contributed by atoms with van der Waals surface area (Å²) in [5.41, 5.74) is 6.30. The third kappa shape index (κ3) is 25.0. The van der Waals surface area contributed by atoms with Crippen LogP contribution in [0, 0.1) is 0 Å². The SMILES string of the molecule is C=C/C=C(\C=C)CN.CC.O=CO. The van der Waals surface area contributed by atoms with Crippen LogP contribution >= 0.6 is 0 Å². The molecule has 0 aliphatic heterocycles. The van der Waals surface area contributed by atoms with Crippen LogP contribution in [0.15, 0.2) is 37.0 Å². The van der Waals surface area contributed by atoms with Crippen molar-refractivity contribution in [3.8, 4) is 0 Å². The van der Waals surface area contributed by atoms with Crippen LogP contribution in [0.1, 0.15) is 13.8 Å². The molecule has 76 valence electrons. The Morgan fingerprint density at radius 2 is 1.85 bits per heavy atom. The Morgan fingerprint density at radius 1 is 1.46 bits per heavy atom. The lowest BCUT2D eigenvalue weighted by molar-refractivity contribution is -0.122. The van der Waals surface area contributed by atoms with E-state index in [0.29, 0.717) is 6.54 Å². The van der Waals surface area contributed by atoms with Crippen molar-refractivity contribution in [3.05, 3.63) is 37.0 Å². The minimum absolute atomic E-state index is 0.250. The predicted molar refractivity (Wildman–Crippen MR) is 57.6 cm³/mol. The summed E-state index contributed by atoms with van der Waals surface area (Å²) in [4.78, 5) is 8.36. The molecule has 0 spiro atoms. The lowest BCUT2D eigenvalue weighted by Gasteiger charge is -1.89. The first-order valence-corrected chi connectivity index (χ1v) is 3.98. The number of carbonyl (C=O) groups is 1. The van der Waals surface area contributed by atoms with Gasteiger partial charge in [-0.1, -0.05) is 45.2 Å². The van der Waals surface area contributed by atoms with E-state index in [1.807, 2.05) is 19.9 Å². The molecule has 0 heterocycles. The molecule has 0 unspecified atom stereocenters. The van der Waals surface area contributed by atoms with E-state index in [9.17, 15) is 0 Å². The van der Waals surface area contributed by atoms with Crippen molar-refractivity contribution in [3.63, 3.8) is 0 Å². The lowest BCUT2D eigenvalue weighted by atomic mass is 10.2. The average Bonchev–Trinajstić information content (AvgIpc) is 2.18. The largest absolute Gasteiger partial charge is 0.483 e. The van der Waals surface area contributed by atoms with Gasteiger partial charge in [-0.15, -0.1) is 0 Å². The number of carboxylic acid groups (broad SMARTS) is 1. The normalized spacial score (nSPS) is 8.08. The maximum absolute atomic E-state index is 8.36. The molecule has 0 aromatic heterocycles. The Labute approximate surface area is 80.3 Å². The van der Waals surface area contributed by atoms with E-state index in [0.717, 1.165) is 5.57 Å². The van der Waals surface area contributed by atoms with E-state index in [1.165, 1.54) is 0 Å². The molecular formula is C10H19NO2. The van der Waals surface area contributed by atoms with Crippen molar-refractivity contribution < 1.29 is 9.90 Å². The second kappa shape index (κ2) is 22.4. The smallest absolute Gasteiger partial charge is 0.290 e. The molecule has 0 saturated carbocycles. The highest BCUT2D eigenvalue weighted by Crippen LogP contribution is 1.90. The summed E-state index contributed by atoms with van der Waals surface area (Å²) in [7, 11) is 0. The first-order chi connectivity index (χ1) is 6.26. The van der Waals surface area contributed by atoms with Crippen LogP contribution in [0.5, 0.6) is 0 Å². The molecule has 0 saturated heterocycles. The lowest BCUT2D eigenvalue weighted by Crippen LogP contribution is -1.99. The minimum atomic E-state index is -0.250. The Bertz CT molecular complexity index is 151. The molecular weight excluding hydrogens is 166 g/mol. The number of allylic oxidation sites excluding steroid dienone is 2. The van der Waals surface area contributed by atoms with E-state index in [2.05, 4.69) is 13.2 Å². The summed E-state index contributed by atoms with van der Waals surface area (Å²) in [6.45, 7) is 11.4. The van der Waals surface area contributed by atoms with Gasteiger partial charge in [0.05, 0.1) is 0 Å². The van der Waals surface area contributed by atoms with Crippen LogP contribution < -0.4 is 5.73 Å². The van der Waals surface area contributed by atoms with Crippen LogP contribution in [0.3, 0.4) is 0 Å². The zero-order valence-electron chi connectivity index (χ0n) is 8.36. The van der Waals surface area contributed by atoms with Crippen molar-refractivity contribution in [2.45, 2.75) is 13.8 Å². The van der Waals surface area contributed by atoms with E-state index < -0.39 is 0 Å². The van der Waals surface area contributed by atoms with Crippen molar-refractivity contribution in [1.29, 1.82) is 0 Å². The van der Waals surface area contributed by atoms with Gasteiger partial charge in [0.2, 0.25) is 0 Å². The van der Waals surface area contributed by atoms with Gasteiger partial charge < -0.3 is 10.8 Å². The van der Waals surface area contributed by atoms with E-state index in [4.69, 9.17) is 15.6 Å². The maximum atomic E-state index is 8.36.